The van der Waals surface area contributed by atoms with Crippen molar-refractivity contribution in [3.63, 3.8) is 0 Å². The summed E-state index contributed by atoms with van der Waals surface area (Å²) in [6.07, 6.45) is 0.396. The third-order valence-electron chi connectivity index (χ3n) is 3.96. The summed E-state index contributed by atoms with van der Waals surface area (Å²) in [5.41, 5.74) is 0.418. The van der Waals surface area contributed by atoms with Gasteiger partial charge < -0.3 is 9.84 Å². The molecule has 1 aliphatic rings. The first-order valence-corrected chi connectivity index (χ1v) is 6.97. The van der Waals surface area contributed by atoms with Crippen LogP contribution in [-0.2, 0) is 9.53 Å². The lowest BCUT2D eigenvalue weighted by molar-refractivity contribution is -0.141. The van der Waals surface area contributed by atoms with Gasteiger partial charge in [0.25, 0.3) is 0 Å². The standard InChI is InChI=1S/C15H17F2NO4/c1-22-14(19)7-4-10-3-6-13(18(10)15(20)21)9-2-5-11(16)12(17)8-9/h2,5,8,10,13H,3-4,6-7H2,1H3,(H,20,21)/t10-,13+/m1/s1. The Bertz CT molecular complexity index is 579. The molecule has 7 heteroatoms. The molecule has 1 fully saturated rings. The van der Waals surface area contributed by atoms with Crippen molar-refractivity contribution in [1.29, 1.82) is 0 Å². The number of likely N-dealkylation sites (tertiary alicyclic amines) is 1. The predicted molar refractivity (Wildman–Crippen MR) is 73.2 cm³/mol. The van der Waals surface area contributed by atoms with Gasteiger partial charge in [-0.05, 0) is 37.0 Å². The van der Waals surface area contributed by atoms with Crippen LogP contribution in [0.3, 0.4) is 0 Å². The van der Waals surface area contributed by atoms with E-state index < -0.39 is 29.7 Å². The van der Waals surface area contributed by atoms with Crippen LogP contribution in [0.25, 0.3) is 0 Å². The molecule has 2 rings (SSSR count). The molecule has 0 bridgehead atoms. The Kier molecular flexibility index (Phi) is 4.95. The van der Waals surface area contributed by atoms with Gasteiger partial charge in [-0.2, -0.15) is 0 Å². The van der Waals surface area contributed by atoms with Gasteiger partial charge in [-0.25, -0.2) is 13.6 Å². The van der Waals surface area contributed by atoms with E-state index in [0.29, 0.717) is 24.8 Å². The Morgan fingerprint density at radius 1 is 1.32 bits per heavy atom. The summed E-state index contributed by atoms with van der Waals surface area (Å²) in [7, 11) is 1.27. The lowest BCUT2D eigenvalue weighted by Gasteiger charge is -2.27. The average molecular weight is 313 g/mol. The Balaban J connectivity index is 2.16. The molecule has 120 valence electrons. The first-order chi connectivity index (χ1) is 10.4. The van der Waals surface area contributed by atoms with Gasteiger partial charge in [0, 0.05) is 12.5 Å². The fraction of sp³-hybridized carbons (Fsp3) is 0.467. The molecule has 1 amide bonds. The topological polar surface area (TPSA) is 66.8 Å². The Morgan fingerprint density at radius 2 is 2.05 bits per heavy atom. The number of halogens is 2. The van der Waals surface area contributed by atoms with E-state index in [0.717, 1.165) is 12.1 Å². The summed E-state index contributed by atoms with van der Waals surface area (Å²) in [6, 6.07) is 2.54. The monoisotopic (exact) mass is 313 g/mol. The molecule has 0 aliphatic carbocycles. The second-order valence-corrected chi connectivity index (χ2v) is 5.23. The van der Waals surface area contributed by atoms with E-state index >= 15 is 0 Å². The van der Waals surface area contributed by atoms with Gasteiger partial charge in [0.2, 0.25) is 0 Å². The number of hydrogen-bond acceptors (Lipinski definition) is 3. The highest BCUT2D eigenvalue weighted by atomic mass is 19.2. The minimum Gasteiger partial charge on any atom is -0.469 e. The number of amides is 1. The zero-order valence-electron chi connectivity index (χ0n) is 12.1. The summed E-state index contributed by atoms with van der Waals surface area (Å²) in [5, 5.41) is 9.40. The summed E-state index contributed by atoms with van der Waals surface area (Å²) in [5.74, 6) is -2.37. The minimum absolute atomic E-state index is 0.120. The predicted octanol–water partition coefficient (Wildman–Crippen LogP) is 3.10. The van der Waals surface area contributed by atoms with Crippen molar-refractivity contribution in [2.24, 2.45) is 0 Å². The van der Waals surface area contributed by atoms with E-state index in [1.54, 1.807) is 0 Å². The van der Waals surface area contributed by atoms with Crippen LogP contribution >= 0.6 is 0 Å². The van der Waals surface area contributed by atoms with Crippen molar-refractivity contribution in [3.8, 4) is 0 Å². The van der Waals surface area contributed by atoms with Gasteiger partial charge in [0.15, 0.2) is 11.6 Å². The molecule has 1 N–H and O–H groups in total. The maximum Gasteiger partial charge on any atom is 0.408 e. The zero-order valence-corrected chi connectivity index (χ0v) is 12.1. The van der Waals surface area contributed by atoms with E-state index in [1.165, 1.54) is 18.1 Å². The number of hydrogen-bond donors (Lipinski definition) is 1. The molecule has 1 saturated heterocycles. The molecule has 0 radical (unpaired) electrons. The van der Waals surface area contributed by atoms with Crippen LogP contribution in [-0.4, -0.2) is 35.2 Å². The molecule has 5 nitrogen and oxygen atoms in total. The van der Waals surface area contributed by atoms with Crippen LogP contribution < -0.4 is 0 Å². The number of ether oxygens (including phenoxy) is 1. The SMILES string of the molecule is COC(=O)CC[C@H]1CC[C@@H](c2ccc(F)c(F)c2)N1C(=O)O. The molecule has 1 aromatic rings. The number of methoxy groups -OCH3 is 1. The quantitative estimate of drug-likeness (QED) is 0.867. The Hall–Kier alpha value is -2.18. The number of nitrogens with zero attached hydrogens (tertiary/aromatic N) is 1. The zero-order chi connectivity index (χ0) is 16.3. The van der Waals surface area contributed by atoms with Crippen LogP contribution in [0.1, 0.15) is 37.3 Å². The van der Waals surface area contributed by atoms with Crippen LogP contribution in [0.4, 0.5) is 13.6 Å². The van der Waals surface area contributed by atoms with Crippen LogP contribution in [0.5, 0.6) is 0 Å². The number of esters is 1. The second-order valence-electron chi connectivity index (χ2n) is 5.23. The Morgan fingerprint density at radius 3 is 2.64 bits per heavy atom. The molecule has 0 spiro atoms. The third-order valence-corrected chi connectivity index (χ3v) is 3.96. The van der Waals surface area contributed by atoms with E-state index in [2.05, 4.69) is 4.74 Å². The molecule has 0 aromatic heterocycles. The first kappa shape index (κ1) is 16.2. The van der Waals surface area contributed by atoms with E-state index in [9.17, 15) is 23.5 Å². The molecule has 0 saturated carbocycles. The van der Waals surface area contributed by atoms with Gasteiger partial charge in [-0.3, -0.25) is 9.69 Å². The van der Waals surface area contributed by atoms with Crippen molar-refractivity contribution in [2.45, 2.75) is 37.8 Å². The first-order valence-electron chi connectivity index (χ1n) is 6.97. The van der Waals surface area contributed by atoms with Crippen molar-refractivity contribution < 1.29 is 28.2 Å². The minimum atomic E-state index is -1.14. The van der Waals surface area contributed by atoms with Crippen molar-refractivity contribution in [2.75, 3.05) is 7.11 Å². The second kappa shape index (κ2) is 6.72. The number of carboxylic acid groups (broad SMARTS) is 1. The number of carbonyl (C=O) groups is 2. The fourth-order valence-corrected chi connectivity index (χ4v) is 2.89. The average Bonchev–Trinajstić information content (AvgIpc) is 2.91. The normalized spacial score (nSPS) is 21.0. The number of carbonyl (C=O) groups excluding carboxylic acids is 1. The van der Waals surface area contributed by atoms with Crippen LogP contribution in [0.2, 0.25) is 0 Å². The van der Waals surface area contributed by atoms with Crippen molar-refractivity contribution >= 4 is 12.1 Å². The highest BCUT2D eigenvalue weighted by Crippen LogP contribution is 2.38. The summed E-state index contributed by atoms with van der Waals surface area (Å²) >= 11 is 0. The highest BCUT2D eigenvalue weighted by molar-refractivity contribution is 5.70. The Labute approximate surface area is 126 Å². The molecule has 1 heterocycles. The van der Waals surface area contributed by atoms with Gasteiger partial charge >= 0.3 is 12.1 Å². The number of benzene rings is 1. The lowest BCUT2D eigenvalue weighted by Crippen LogP contribution is -2.36. The third kappa shape index (κ3) is 3.35. The van der Waals surface area contributed by atoms with Gasteiger partial charge in [0.1, 0.15) is 0 Å². The van der Waals surface area contributed by atoms with Crippen LogP contribution in [0, 0.1) is 11.6 Å². The molecular formula is C15H17F2NO4. The van der Waals surface area contributed by atoms with E-state index in [4.69, 9.17) is 0 Å². The summed E-state index contributed by atoms with van der Waals surface area (Å²) in [6.45, 7) is 0. The molecule has 1 aliphatic heterocycles. The molecule has 22 heavy (non-hydrogen) atoms. The number of rotatable bonds is 4. The van der Waals surface area contributed by atoms with Gasteiger partial charge in [-0.1, -0.05) is 6.07 Å². The van der Waals surface area contributed by atoms with Crippen LogP contribution in [0.15, 0.2) is 18.2 Å². The molecular weight excluding hydrogens is 296 g/mol. The maximum atomic E-state index is 13.4. The summed E-state index contributed by atoms with van der Waals surface area (Å²) in [4.78, 5) is 23.9. The summed E-state index contributed by atoms with van der Waals surface area (Å²) < 4.78 is 30.9. The fourth-order valence-electron chi connectivity index (χ4n) is 2.89. The molecule has 1 aromatic carbocycles. The molecule has 2 atom stereocenters. The smallest absolute Gasteiger partial charge is 0.408 e. The van der Waals surface area contributed by atoms with E-state index in [1.807, 2.05) is 0 Å². The van der Waals surface area contributed by atoms with Gasteiger partial charge in [0.05, 0.1) is 13.2 Å². The van der Waals surface area contributed by atoms with Crippen molar-refractivity contribution in [1.82, 2.24) is 4.90 Å². The van der Waals surface area contributed by atoms with Crippen molar-refractivity contribution in [3.05, 3.63) is 35.4 Å². The largest absolute Gasteiger partial charge is 0.469 e. The highest BCUT2D eigenvalue weighted by Gasteiger charge is 2.38. The van der Waals surface area contributed by atoms with E-state index in [-0.39, 0.29) is 12.5 Å². The lowest BCUT2D eigenvalue weighted by atomic mass is 10.0. The van der Waals surface area contributed by atoms with Gasteiger partial charge in [-0.15, -0.1) is 0 Å². The molecule has 0 unspecified atom stereocenters. The maximum absolute atomic E-state index is 13.4.